The average molecular weight is 337 g/mol. The molecule has 0 saturated carbocycles. The van der Waals surface area contributed by atoms with Gasteiger partial charge in [0, 0.05) is 12.8 Å². The number of nitrogens with one attached hydrogen (secondary N) is 1. The number of thiophene rings is 1. The van der Waals surface area contributed by atoms with Gasteiger partial charge in [-0.3, -0.25) is 9.59 Å². The molecule has 0 bridgehead atoms. The summed E-state index contributed by atoms with van der Waals surface area (Å²) in [6, 6.07) is 17.9. The van der Waals surface area contributed by atoms with Crippen LogP contribution in [0.3, 0.4) is 0 Å². The second-order valence-corrected chi connectivity index (χ2v) is 6.74. The molecule has 0 aliphatic rings. The van der Waals surface area contributed by atoms with Crippen molar-refractivity contribution < 1.29 is 9.59 Å². The molecule has 122 valence electrons. The second-order valence-electron chi connectivity index (χ2n) is 5.80. The van der Waals surface area contributed by atoms with Crippen molar-refractivity contribution in [3.8, 4) is 0 Å². The number of carbonyl (C=O) groups is 2. The first-order chi connectivity index (χ1) is 11.6. The summed E-state index contributed by atoms with van der Waals surface area (Å²) in [4.78, 5) is 24.8. The molecule has 0 spiro atoms. The third-order valence-corrected chi connectivity index (χ3v) is 4.94. The van der Waals surface area contributed by atoms with E-state index in [0.717, 1.165) is 10.9 Å². The second kappa shape index (κ2) is 7.41. The van der Waals surface area contributed by atoms with E-state index in [-0.39, 0.29) is 30.6 Å². The minimum absolute atomic E-state index is 0.0264. The molecular weight excluding hydrogens is 318 g/mol. The van der Waals surface area contributed by atoms with Gasteiger partial charge in [-0.05, 0) is 40.8 Å². The van der Waals surface area contributed by atoms with Gasteiger partial charge < -0.3 is 5.32 Å². The van der Waals surface area contributed by atoms with E-state index in [1.165, 1.54) is 16.7 Å². The summed E-state index contributed by atoms with van der Waals surface area (Å²) in [5.41, 5.74) is 1.06. The fraction of sp³-hybridized carbons (Fsp3) is 0.200. The first-order valence-electron chi connectivity index (χ1n) is 7.98. The van der Waals surface area contributed by atoms with E-state index in [1.807, 2.05) is 36.6 Å². The number of hydrogen-bond acceptors (Lipinski definition) is 3. The van der Waals surface area contributed by atoms with Crippen molar-refractivity contribution in [3.05, 3.63) is 70.4 Å². The van der Waals surface area contributed by atoms with Crippen LogP contribution in [0.15, 0.2) is 60.0 Å². The van der Waals surface area contributed by atoms with Crippen LogP contribution in [0.1, 0.15) is 41.0 Å². The third-order valence-electron chi connectivity index (χ3n) is 4.03. The van der Waals surface area contributed by atoms with Crippen LogP contribution >= 0.6 is 11.3 Å². The largest absolute Gasteiger partial charge is 0.350 e. The van der Waals surface area contributed by atoms with Gasteiger partial charge >= 0.3 is 0 Å². The van der Waals surface area contributed by atoms with Gasteiger partial charge in [0.15, 0.2) is 5.78 Å². The number of rotatable bonds is 6. The normalized spacial score (nSPS) is 12.0. The summed E-state index contributed by atoms with van der Waals surface area (Å²) in [6.07, 6.45) is 0.464. The Labute approximate surface area is 145 Å². The summed E-state index contributed by atoms with van der Waals surface area (Å²) in [6.45, 7) is 1.96. The molecule has 3 nitrogen and oxygen atoms in total. The monoisotopic (exact) mass is 337 g/mol. The highest BCUT2D eigenvalue weighted by molar-refractivity contribution is 7.12. The van der Waals surface area contributed by atoms with E-state index in [4.69, 9.17) is 0 Å². The molecule has 0 aliphatic carbocycles. The zero-order valence-corrected chi connectivity index (χ0v) is 14.3. The topological polar surface area (TPSA) is 46.2 Å². The Morgan fingerprint density at radius 3 is 2.54 bits per heavy atom. The highest BCUT2D eigenvalue weighted by Crippen LogP contribution is 2.20. The van der Waals surface area contributed by atoms with Gasteiger partial charge in [0.2, 0.25) is 5.91 Å². The minimum Gasteiger partial charge on any atom is -0.350 e. The number of ketones is 1. The quantitative estimate of drug-likeness (QED) is 0.660. The molecule has 1 unspecified atom stereocenters. The maximum Gasteiger partial charge on any atom is 0.220 e. The summed E-state index contributed by atoms with van der Waals surface area (Å²) >= 11 is 1.41. The molecule has 0 fully saturated rings. The predicted molar refractivity (Wildman–Crippen MR) is 98.4 cm³/mol. The number of carbonyl (C=O) groups excluding carboxylic acids is 2. The van der Waals surface area contributed by atoms with Gasteiger partial charge in [0.05, 0.1) is 10.9 Å². The Morgan fingerprint density at radius 2 is 1.79 bits per heavy atom. The molecule has 0 radical (unpaired) electrons. The van der Waals surface area contributed by atoms with Gasteiger partial charge in [0.1, 0.15) is 0 Å². The van der Waals surface area contributed by atoms with Gasteiger partial charge in [-0.25, -0.2) is 0 Å². The lowest BCUT2D eigenvalue weighted by molar-refractivity contribution is -0.121. The van der Waals surface area contributed by atoms with Crippen LogP contribution < -0.4 is 5.32 Å². The Balaban J connectivity index is 1.57. The van der Waals surface area contributed by atoms with Crippen LogP contribution in [0.4, 0.5) is 0 Å². The first kappa shape index (κ1) is 16.4. The molecule has 2 aromatic carbocycles. The minimum atomic E-state index is -0.0967. The molecule has 3 rings (SSSR count). The Morgan fingerprint density at radius 1 is 1.00 bits per heavy atom. The van der Waals surface area contributed by atoms with E-state index in [9.17, 15) is 9.59 Å². The third kappa shape index (κ3) is 3.89. The van der Waals surface area contributed by atoms with Crippen molar-refractivity contribution in [1.29, 1.82) is 0 Å². The van der Waals surface area contributed by atoms with Crippen molar-refractivity contribution in [2.24, 2.45) is 0 Å². The number of benzene rings is 2. The van der Waals surface area contributed by atoms with Crippen LogP contribution in [0.2, 0.25) is 0 Å². The van der Waals surface area contributed by atoms with Gasteiger partial charge in [0.25, 0.3) is 0 Å². The highest BCUT2D eigenvalue weighted by atomic mass is 32.1. The molecule has 0 aliphatic heterocycles. The van der Waals surface area contributed by atoms with Gasteiger partial charge in [-0.1, -0.05) is 42.5 Å². The van der Waals surface area contributed by atoms with E-state index < -0.39 is 0 Å². The van der Waals surface area contributed by atoms with Crippen molar-refractivity contribution in [2.75, 3.05) is 0 Å². The summed E-state index contributed by atoms with van der Waals surface area (Å²) in [5.74, 6) is -0.0703. The average Bonchev–Trinajstić information content (AvgIpc) is 3.14. The van der Waals surface area contributed by atoms with Crippen molar-refractivity contribution >= 4 is 33.8 Å². The Bertz CT molecular complexity index is 855. The number of amides is 1. The van der Waals surface area contributed by atoms with Crippen LogP contribution in [-0.2, 0) is 4.79 Å². The molecule has 4 heteroatoms. The molecule has 24 heavy (non-hydrogen) atoms. The first-order valence-corrected chi connectivity index (χ1v) is 8.86. The van der Waals surface area contributed by atoms with Crippen molar-refractivity contribution in [3.63, 3.8) is 0 Å². The van der Waals surface area contributed by atoms with E-state index in [1.54, 1.807) is 6.07 Å². The van der Waals surface area contributed by atoms with Crippen LogP contribution in [0.5, 0.6) is 0 Å². The van der Waals surface area contributed by atoms with Gasteiger partial charge in [-0.15, -0.1) is 11.3 Å². The van der Waals surface area contributed by atoms with Crippen molar-refractivity contribution in [2.45, 2.75) is 25.8 Å². The Hall–Kier alpha value is -2.46. The van der Waals surface area contributed by atoms with E-state index >= 15 is 0 Å². The maximum atomic E-state index is 12.1. The smallest absolute Gasteiger partial charge is 0.220 e. The molecule has 1 aromatic heterocycles. The van der Waals surface area contributed by atoms with Crippen molar-refractivity contribution in [1.82, 2.24) is 5.32 Å². The highest BCUT2D eigenvalue weighted by Gasteiger charge is 2.13. The fourth-order valence-electron chi connectivity index (χ4n) is 2.66. The van der Waals surface area contributed by atoms with Crippen LogP contribution in [0, 0.1) is 0 Å². The zero-order chi connectivity index (χ0) is 16.9. The molecule has 1 atom stereocenters. The number of Topliss-reactive ketones (excluding diaryl/α,β-unsaturated/α-hetero) is 1. The summed E-state index contributed by atoms with van der Waals surface area (Å²) < 4.78 is 0. The summed E-state index contributed by atoms with van der Waals surface area (Å²) in [5, 5.41) is 7.18. The van der Waals surface area contributed by atoms with E-state index in [2.05, 4.69) is 29.6 Å². The standard InChI is InChI=1S/C20H19NO2S/c1-14(16-9-8-15-5-2-3-6-17(15)13-16)21-20(23)11-10-18(22)19-7-4-12-24-19/h2-9,12-14H,10-11H2,1H3,(H,21,23). The SMILES string of the molecule is CC(NC(=O)CCC(=O)c1cccs1)c1ccc2ccccc2c1. The molecule has 1 amide bonds. The molecule has 1 N–H and O–H groups in total. The maximum absolute atomic E-state index is 12.1. The molecule has 0 saturated heterocycles. The van der Waals surface area contributed by atoms with E-state index in [0.29, 0.717) is 4.88 Å². The Kier molecular flexibility index (Phi) is 5.06. The lowest BCUT2D eigenvalue weighted by atomic mass is 10.0. The lowest BCUT2D eigenvalue weighted by Gasteiger charge is -2.15. The predicted octanol–water partition coefficient (Wildman–Crippen LogP) is 4.74. The lowest BCUT2D eigenvalue weighted by Crippen LogP contribution is -2.26. The molecule has 1 heterocycles. The molecular formula is C20H19NO2S. The van der Waals surface area contributed by atoms with Gasteiger partial charge in [-0.2, -0.15) is 0 Å². The number of hydrogen-bond donors (Lipinski definition) is 1. The van der Waals surface area contributed by atoms with Crippen LogP contribution in [-0.4, -0.2) is 11.7 Å². The fourth-order valence-corrected chi connectivity index (χ4v) is 3.36. The summed E-state index contributed by atoms with van der Waals surface area (Å²) in [7, 11) is 0. The van der Waals surface area contributed by atoms with Crippen LogP contribution in [0.25, 0.3) is 10.8 Å². The zero-order valence-electron chi connectivity index (χ0n) is 13.5. The molecule has 3 aromatic rings. The number of fused-ring (bicyclic) bond motifs is 1.